The summed E-state index contributed by atoms with van der Waals surface area (Å²) < 4.78 is 53.7. The molecule has 16 heteroatoms. The first-order valence-electron chi connectivity index (χ1n) is 13.8. The molecule has 1 saturated heterocycles. The molecule has 0 amide bonds. The Balaban J connectivity index is 1.61. The van der Waals surface area contributed by atoms with Crippen LogP contribution in [0.1, 0.15) is 46.7 Å². The Bertz CT molecular complexity index is 1460. The number of imidazole rings is 1. The van der Waals surface area contributed by atoms with Crippen molar-refractivity contribution in [1.82, 2.24) is 24.6 Å². The lowest BCUT2D eigenvalue weighted by molar-refractivity contribution is -0.149. The molecule has 0 saturated carbocycles. The third-order valence-corrected chi connectivity index (χ3v) is 8.51. The van der Waals surface area contributed by atoms with E-state index in [1.807, 2.05) is 13.8 Å². The molecule has 0 aliphatic carbocycles. The van der Waals surface area contributed by atoms with Gasteiger partial charge >= 0.3 is 13.7 Å². The van der Waals surface area contributed by atoms with Crippen LogP contribution in [-0.2, 0) is 23.4 Å². The molecule has 3 N–H and O–H groups in total. The van der Waals surface area contributed by atoms with Crippen molar-refractivity contribution in [3.8, 4) is 5.75 Å². The van der Waals surface area contributed by atoms with Gasteiger partial charge in [-0.05, 0) is 53.7 Å². The van der Waals surface area contributed by atoms with E-state index >= 15 is 4.39 Å². The lowest BCUT2D eigenvalue weighted by Gasteiger charge is -2.31. The molecule has 1 fully saturated rings. The Morgan fingerprint density at radius 1 is 1.23 bits per heavy atom. The van der Waals surface area contributed by atoms with Crippen LogP contribution >= 0.6 is 19.3 Å². The van der Waals surface area contributed by atoms with Crippen LogP contribution < -0.4 is 14.9 Å². The van der Waals surface area contributed by atoms with E-state index in [-0.39, 0.29) is 17.4 Å². The molecule has 0 spiro atoms. The molecule has 4 rings (SSSR count). The molecule has 43 heavy (non-hydrogen) atoms. The number of alkyl halides is 2. The van der Waals surface area contributed by atoms with E-state index in [1.165, 1.54) is 30.0 Å². The Labute approximate surface area is 254 Å². The summed E-state index contributed by atoms with van der Waals surface area (Å²) in [4.78, 5) is 25.6. The fourth-order valence-electron chi connectivity index (χ4n) is 4.41. The second-order valence-corrected chi connectivity index (χ2v) is 12.8. The predicted octanol–water partition coefficient (Wildman–Crippen LogP) is 4.29. The minimum atomic E-state index is -4.37. The van der Waals surface area contributed by atoms with Gasteiger partial charge in [0.25, 0.3) is 0 Å². The lowest BCUT2D eigenvalue weighted by Crippen LogP contribution is -2.48. The number of carbonyl (C=O) groups excluding carboxylic acids is 1. The van der Waals surface area contributed by atoms with Gasteiger partial charge in [0.05, 0.1) is 24.9 Å². The molecule has 1 aromatic carbocycles. The molecule has 1 aliphatic rings. The number of halogens is 2. The number of esters is 1. The molecular weight excluding hydrogens is 606 g/mol. The van der Waals surface area contributed by atoms with Crippen LogP contribution in [0, 0.1) is 6.92 Å². The molecule has 0 radical (unpaired) electrons. The molecule has 13 nitrogen and oxygen atoms in total. The zero-order valence-corrected chi connectivity index (χ0v) is 26.4. The number of hydrogen-bond donors (Lipinski definition) is 3. The largest absolute Gasteiger partial charge is 0.462 e. The number of nitrogens with one attached hydrogen (secondary N) is 2. The van der Waals surface area contributed by atoms with Crippen LogP contribution in [0.15, 0.2) is 36.7 Å². The maximum atomic E-state index is 15.8. The van der Waals surface area contributed by atoms with Crippen LogP contribution in [0.4, 0.5) is 10.2 Å². The summed E-state index contributed by atoms with van der Waals surface area (Å²) in [5.41, 5.74) is -1.21. The van der Waals surface area contributed by atoms with Crippen LogP contribution in [-0.4, -0.2) is 79.1 Å². The predicted molar refractivity (Wildman–Crippen MR) is 158 cm³/mol. The summed E-state index contributed by atoms with van der Waals surface area (Å²) in [5, 5.41) is 16.8. The second-order valence-electron chi connectivity index (χ2n) is 10.9. The minimum Gasteiger partial charge on any atom is -0.462 e. The number of aryl methyl sites for hydroxylation is 1. The standard InChI is InChI=1S/C27H37ClFN6O7P/c1-15(2)31-23-21-24(33-18(6)32-23)35(14-30-21)25-20(29)22(36)27(12-28,41-25)13-39-43(38,42-19-10-8-7-9-11-19)34-17(5)26(37)40-16(3)4/h7-11,14-17,20,22,25,36H,12-13H2,1-6H3,(H,34,38)(H,31,32,33)/t17-,20-,22-,25+,27+,43-/m0/s1. The van der Waals surface area contributed by atoms with Gasteiger partial charge in [-0.1, -0.05) is 18.2 Å². The van der Waals surface area contributed by atoms with Gasteiger partial charge in [-0.2, -0.15) is 5.09 Å². The fourth-order valence-corrected chi connectivity index (χ4v) is 6.26. The van der Waals surface area contributed by atoms with Gasteiger partial charge in [0.2, 0.25) is 0 Å². The third kappa shape index (κ3) is 7.44. The van der Waals surface area contributed by atoms with Crippen molar-refractivity contribution < 1.29 is 37.4 Å². The topological polar surface area (TPSA) is 159 Å². The quantitative estimate of drug-likeness (QED) is 0.138. The fraction of sp³-hybridized carbons (Fsp3) is 0.556. The van der Waals surface area contributed by atoms with Crippen molar-refractivity contribution in [3.05, 3.63) is 42.5 Å². The summed E-state index contributed by atoms with van der Waals surface area (Å²) in [6.07, 6.45) is -4.30. The summed E-state index contributed by atoms with van der Waals surface area (Å²) in [5.74, 6) is -0.0927. The molecule has 1 aliphatic heterocycles. The molecule has 0 bridgehead atoms. The summed E-state index contributed by atoms with van der Waals surface area (Å²) >= 11 is 6.26. The highest BCUT2D eigenvalue weighted by molar-refractivity contribution is 7.52. The van der Waals surface area contributed by atoms with Gasteiger partial charge in [-0.3, -0.25) is 13.9 Å². The summed E-state index contributed by atoms with van der Waals surface area (Å²) in [7, 11) is -4.37. The average Bonchev–Trinajstić information content (AvgIpc) is 3.46. The third-order valence-electron chi connectivity index (χ3n) is 6.43. The van der Waals surface area contributed by atoms with Crippen LogP contribution in [0.5, 0.6) is 5.75 Å². The normalized spacial score (nSPS) is 24.3. The van der Waals surface area contributed by atoms with Crippen LogP contribution in [0.3, 0.4) is 0 Å². The lowest BCUT2D eigenvalue weighted by atomic mass is 9.99. The number of aromatic nitrogens is 4. The molecule has 6 atom stereocenters. The monoisotopic (exact) mass is 642 g/mol. The molecule has 3 heterocycles. The molecule has 3 aromatic rings. The van der Waals surface area contributed by atoms with Gasteiger partial charge in [-0.15, -0.1) is 11.6 Å². The zero-order chi connectivity index (χ0) is 31.5. The van der Waals surface area contributed by atoms with E-state index in [0.29, 0.717) is 17.2 Å². The Morgan fingerprint density at radius 3 is 2.56 bits per heavy atom. The number of benzene rings is 1. The number of aliphatic hydroxyl groups excluding tert-OH is 1. The molecule has 0 unspecified atom stereocenters. The highest BCUT2D eigenvalue weighted by Gasteiger charge is 2.57. The smallest absolute Gasteiger partial charge is 0.459 e. The van der Waals surface area contributed by atoms with Crippen LogP contribution in [0.2, 0.25) is 0 Å². The number of aliphatic hydroxyl groups is 1. The maximum Gasteiger partial charge on any atom is 0.459 e. The van der Waals surface area contributed by atoms with Crippen molar-refractivity contribution in [2.24, 2.45) is 0 Å². The van der Waals surface area contributed by atoms with Crippen molar-refractivity contribution in [2.75, 3.05) is 17.8 Å². The van der Waals surface area contributed by atoms with Crippen molar-refractivity contribution in [1.29, 1.82) is 0 Å². The summed E-state index contributed by atoms with van der Waals surface area (Å²) in [6, 6.07) is 7.04. The zero-order valence-electron chi connectivity index (χ0n) is 24.7. The van der Waals surface area contributed by atoms with Gasteiger partial charge in [-0.25, -0.2) is 23.9 Å². The highest BCUT2D eigenvalue weighted by Crippen LogP contribution is 2.49. The Kier molecular flexibility index (Phi) is 10.3. The van der Waals surface area contributed by atoms with Crippen LogP contribution in [0.25, 0.3) is 11.2 Å². The van der Waals surface area contributed by atoms with E-state index in [0.717, 1.165) is 0 Å². The SMILES string of the molecule is Cc1nc(NC(C)C)c2ncn([C@@H]3O[C@](CCl)(CO[P@@](=O)(N[C@@H](C)C(=O)OC(C)C)Oc4ccccc4)[C@@H](O)[C@@H]3F)c2n1. The number of rotatable bonds is 13. The van der Waals surface area contributed by atoms with E-state index in [9.17, 15) is 14.5 Å². The van der Waals surface area contributed by atoms with Gasteiger partial charge in [0.1, 0.15) is 29.3 Å². The summed E-state index contributed by atoms with van der Waals surface area (Å²) in [6.45, 7) is 9.67. The molecule has 2 aromatic heterocycles. The number of para-hydroxylation sites is 1. The molecular formula is C27H37ClFN6O7P. The van der Waals surface area contributed by atoms with Crippen molar-refractivity contribution >= 4 is 42.3 Å². The Hall–Kier alpha value is -2.87. The van der Waals surface area contributed by atoms with Crippen molar-refractivity contribution in [3.63, 3.8) is 0 Å². The van der Waals surface area contributed by atoms with Gasteiger partial charge in [0.15, 0.2) is 29.4 Å². The van der Waals surface area contributed by atoms with Gasteiger partial charge in [0, 0.05) is 6.04 Å². The number of ether oxygens (including phenoxy) is 2. The number of hydrogen-bond acceptors (Lipinski definition) is 11. The van der Waals surface area contributed by atoms with Crippen molar-refractivity contribution in [2.45, 2.75) is 83.8 Å². The average molecular weight is 643 g/mol. The van der Waals surface area contributed by atoms with E-state index in [4.69, 9.17) is 30.1 Å². The first kappa shape index (κ1) is 33.0. The molecule has 236 valence electrons. The van der Waals surface area contributed by atoms with Gasteiger partial charge < -0.3 is 24.4 Å². The minimum absolute atomic E-state index is 0.0412. The second kappa shape index (κ2) is 13.4. The number of fused-ring (bicyclic) bond motifs is 1. The number of nitrogens with zero attached hydrogens (tertiary/aromatic N) is 4. The highest BCUT2D eigenvalue weighted by atomic mass is 35.5. The Morgan fingerprint density at radius 2 is 1.93 bits per heavy atom. The first-order chi connectivity index (χ1) is 20.3. The number of anilines is 1. The number of carbonyl (C=O) groups is 1. The maximum absolute atomic E-state index is 15.8. The first-order valence-corrected chi connectivity index (χ1v) is 15.9. The van der Waals surface area contributed by atoms with E-state index in [2.05, 4.69) is 25.4 Å². The van der Waals surface area contributed by atoms with E-state index < -0.39 is 62.5 Å². The van der Waals surface area contributed by atoms with E-state index in [1.54, 1.807) is 39.0 Å².